The third-order valence-electron chi connectivity index (χ3n) is 3.34. The maximum absolute atomic E-state index is 10.9. The molecule has 0 spiro atoms. The zero-order chi connectivity index (χ0) is 17.8. The monoisotopic (exact) mass is 359 g/mol. The molecule has 0 saturated carbocycles. The molecule has 3 aromatic rings. The van der Waals surface area contributed by atoms with Crippen LogP contribution in [0.3, 0.4) is 0 Å². The molecule has 2 heterocycles. The maximum atomic E-state index is 10.9. The standard InChI is InChI=1S/C17H17N3O4S/c1-3-23-13-6-5-10(7-14(13)24-4-2)16-20-12(9-25-16)15-18-8-11(19-15)17(21)22/h5-9H,3-4H2,1-2H3,(H,18,19)(H,21,22). The molecule has 0 atom stereocenters. The van der Waals surface area contributed by atoms with Gasteiger partial charge in [0.1, 0.15) is 16.4 Å². The number of carbonyl (C=O) groups is 1. The van der Waals surface area contributed by atoms with Gasteiger partial charge in [0.2, 0.25) is 0 Å². The summed E-state index contributed by atoms with van der Waals surface area (Å²) in [6.07, 6.45) is 1.28. The van der Waals surface area contributed by atoms with Crippen molar-refractivity contribution in [3.63, 3.8) is 0 Å². The minimum atomic E-state index is -1.05. The van der Waals surface area contributed by atoms with Crippen molar-refractivity contribution in [3.05, 3.63) is 35.5 Å². The van der Waals surface area contributed by atoms with Gasteiger partial charge in [-0.3, -0.25) is 0 Å². The molecule has 0 bridgehead atoms. The van der Waals surface area contributed by atoms with Gasteiger partial charge < -0.3 is 19.6 Å². The number of hydrogen-bond donors (Lipinski definition) is 2. The zero-order valence-electron chi connectivity index (χ0n) is 13.8. The highest BCUT2D eigenvalue weighted by Gasteiger charge is 2.14. The third kappa shape index (κ3) is 3.63. The van der Waals surface area contributed by atoms with E-state index in [0.29, 0.717) is 36.2 Å². The highest BCUT2D eigenvalue weighted by atomic mass is 32.1. The highest BCUT2D eigenvalue weighted by Crippen LogP contribution is 2.35. The number of aromatic nitrogens is 3. The van der Waals surface area contributed by atoms with Gasteiger partial charge in [-0.1, -0.05) is 0 Å². The van der Waals surface area contributed by atoms with Crippen LogP contribution in [0.15, 0.2) is 29.8 Å². The molecule has 0 saturated heterocycles. The van der Waals surface area contributed by atoms with E-state index in [4.69, 9.17) is 14.6 Å². The molecule has 0 aliphatic heterocycles. The van der Waals surface area contributed by atoms with Crippen LogP contribution in [0.4, 0.5) is 0 Å². The summed E-state index contributed by atoms with van der Waals surface area (Å²) in [5.74, 6) is 0.740. The van der Waals surface area contributed by atoms with Gasteiger partial charge in [-0.05, 0) is 32.0 Å². The number of hydrogen-bond acceptors (Lipinski definition) is 6. The van der Waals surface area contributed by atoms with Gasteiger partial charge in [0.25, 0.3) is 0 Å². The first kappa shape index (κ1) is 17.0. The molecule has 0 radical (unpaired) electrons. The highest BCUT2D eigenvalue weighted by molar-refractivity contribution is 7.13. The van der Waals surface area contributed by atoms with Crippen LogP contribution in [0.5, 0.6) is 11.5 Å². The second-order valence-corrected chi connectivity index (χ2v) is 5.87. The Balaban J connectivity index is 1.90. The number of rotatable bonds is 7. The van der Waals surface area contributed by atoms with Crippen molar-refractivity contribution >= 4 is 17.3 Å². The van der Waals surface area contributed by atoms with Crippen LogP contribution < -0.4 is 9.47 Å². The summed E-state index contributed by atoms with van der Waals surface area (Å²) in [5, 5.41) is 11.6. The van der Waals surface area contributed by atoms with Crippen LogP contribution in [0.25, 0.3) is 22.1 Å². The molecular formula is C17H17N3O4S. The Morgan fingerprint density at radius 3 is 2.68 bits per heavy atom. The number of imidazole rings is 1. The maximum Gasteiger partial charge on any atom is 0.353 e. The number of thiazole rings is 1. The van der Waals surface area contributed by atoms with Crippen molar-refractivity contribution in [1.29, 1.82) is 0 Å². The van der Waals surface area contributed by atoms with E-state index in [0.717, 1.165) is 10.6 Å². The first-order valence-electron chi connectivity index (χ1n) is 7.76. The molecule has 0 amide bonds. The molecule has 7 nitrogen and oxygen atoms in total. The van der Waals surface area contributed by atoms with E-state index >= 15 is 0 Å². The normalized spacial score (nSPS) is 10.6. The fraction of sp³-hybridized carbons (Fsp3) is 0.235. The van der Waals surface area contributed by atoms with E-state index in [1.165, 1.54) is 17.5 Å². The molecule has 1 aromatic carbocycles. The number of benzene rings is 1. The van der Waals surface area contributed by atoms with Crippen molar-refractivity contribution in [2.24, 2.45) is 0 Å². The topological polar surface area (TPSA) is 97.3 Å². The number of carboxylic acids is 1. The van der Waals surface area contributed by atoms with Crippen LogP contribution in [0.1, 0.15) is 24.3 Å². The molecule has 0 fully saturated rings. The van der Waals surface area contributed by atoms with Gasteiger partial charge in [-0.25, -0.2) is 14.8 Å². The van der Waals surface area contributed by atoms with Gasteiger partial charge >= 0.3 is 5.97 Å². The summed E-state index contributed by atoms with van der Waals surface area (Å²) in [6, 6.07) is 5.67. The fourth-order valence-corrected chi connectivity index (χ4v) is 3.06. The molecule has 2 N–H and O–H groups in total. The summed E-state index contributed by atoms with van der Waals surface area (Å²) in [5.41, 5.74) is 1.52. The molecular weight excluding hydrogens is 342 g/mol. The predicted molar refractivity (Wildman–Crippen MR) is 94.4 cm³/mol. The number of H-pyrrole nitrogens is 1. The van der Waals surface area contributed by atoms with E-state index in [9.17, 15) is 4.79 Å². The van der Waals surface area contributed by atoms with Crippen molar-refractivity contribution in [2.75, 3.05) is 13.2 Å². The van der Waals surface area contributed by atoms with Crippen LogP contribution in [0.2, 0.25) is 0 Å². The lowest BCUT2D eigenvalue weighted by molar-refractivity contribution is 0.0691. The average Bonchev–Trinajstić information content (AvgIpc) is 3.26. The number of aromatic carboxylic acids is 1. The van der Waals surface area contributed by atoms with Crippen LogP contribution in [0, 0.1) is 0 Å². The van der Waals surface area contributed by atoms with Gasteiger partial charge in [0, 0.05) is 10.9 Å². The SMILES string of the molecule is CCOc1ccc(-c2nc(-c3ncc(C(=O)O)[nH]3)cs2)cc1OCC. The van der Waals surface area contributed by atoms with Crippen molar-refractivity contribution in [3.8, 4) is 33.6 Å². The van der Waals surface area contributed by atoms with Crippen molar-refractivity contribution < 1.29 is 19.4 Å². The minimum absolute atomic E-state index is 0.0317. The van der Waals surface area contributed by atoms with Crippen LogP contribution in [-0.2, 0) is 0 Å². The summed E-state index contributed by atoms with van der Waals surface area (Å²) in [4.78, 5) is 22.3. The number of nitrogens with zero attached hydrogens (tertiary/aromatic N) is 2. The largest absolute Gasteiger partial charge is 0.490 e. The van der Waals surface area contributed by atoms with Gasteiger partial charge in [0.15, 0.2) is 17.3 Å². The predicted octanol–water partition coefficient (Wildman–Crippen LogP) is 3.70. The van der Waals surface area contributed by atoms with Crippen molar-refractivity contribution in [2.45, 2.75) is 13.8 Å². The first-order valence-corrected chi connectivity index (χ1v) is 8.64. The molecule has 0 unspecified atom stereocenters. The summed E-state index contributed by atoms with van der Waals surface area (Å²) in [6.45, 7) is 4.94. The van der Waals surface area contributed by atoms with E-state index < -0.39 is 5.97 Å². The minimum Gasteiger partial charge on any atom is -0.490 e. The zero-order valence-corrected chi connectivity index (χ0v) is 14.6. The Morgan fingerprint density at radius 1 is 1.24 bits per heavy atom. The Kier molecular flexibility index (Phi) is 4.99. The van der Waals surface area contributed by atoms with Gasteiger partial charge in [-0.15, -0.1) is 11.3 Å². The van der Waals surface area contributed by atoms with Crippen LogP contribution >= 0.6 is 11.3 Å². The fourth-order valence-electron chi connectivity index (χ4n) is 2.26. The molecule has 3 rings (SSSR count). The smallest absolute Gasteiger partial charge is 0.353 e. The number of aromatic amines is 1. The van der Waals surface area contributed by atoms with E-state index in [1.807, 2.05) is 37.4 Å². The summed E-state index contributed by atoms with van der Waals surface area (Å²) >= 11 is 1.45. The third-order valence-corrected chi connectivity index (χ3v) is 4.23. The summed E-state index contributed by atoms with van der Waals surface area (Å²) in [7, 11) is 0. The Morgan fingerprint density at radius 2 is 2.00 bits per heavy atom. The van der Waals surface area contributed by atoms with Crippen molar-refractivity contribution in [1.82, 2.24) is 15.0 Å². The second-order valence-electron chi connectivity index (χ2n) is 5.02. The lowest BCUT2D eigenvalue weighted by Crippen LogP contribution is -1.98. The molecule has 2 aromatic heterocycles. The lowest BCUT2D eigenvalue weighted by atomic mass is 10.2. The Hall–Kier alpha value is -2.87. The van der Waals surface area contributed by atoms with Gasteiger partial charge in [0.05, 0.1) is 19.4 Å². The summed E-state index contributed by atoms with van der Waals surface area (Å²) < 4.78 is 11.2. The quantitative estimate of drug-likeness (QED) is 0.668. The number of carboxylic acid groups (broad SMARTS) is 1. The lowest BCUT2D eigenvalue weighted by Gasteiger charge is -2.11. The first-order chi connectivity index (χ1) is 12.1. The molecule has 0 aliphatic carbocycles. The van der Waals surface area contributed by atoms with Gasteiger partial charge in [-0.2, -0.15) is 0 Å². The average molecular weight is 359 g/mol. The van der Waals surface area contributed by atoms with E-state index in [1.54, 1.807) is 0 Å². The van der Waals surface area contributed by atoms with E-state index in [-0.39, 0.29) is 5.69 Å². The van der Waals surface area contributed by atoms with E-state index in [2.05, 4.69) is 15.0 Å². The number of ether oxygens (including phenoxy) is 2. The molecule has 0 aliphatic rings. The second kappa shape index (κ2) is 7.35. The number of nitrogens with one attached hydrogen (secondary N) is 1. The molecule has 25 heavy (non-hydrogen) atoms. The molecule has 130 valence electrons. The Bertz CT molecular complexity index is 888. The molecule has 8 heteroatoms. The Labute approximate surface area is 148 Å². The van der Waals surface area contributed by atoms with Crippen LogP contribution in [-0.4, -0.2) is 39.2 Å².